The van der Waals surface area contributed by atoms with Crippen LogP contribution in [0.15, 0.2) is 0 Å². The van der Waals surface area contributed by atoms with E-state index in [-0.39, 0.29) is 5.54 Å². The number of piperazine rings is 1. The Morgan fingerprint density at radius 3 is 1.81 bits per heavy atom. The zero-order valence-corrected chi connectivity index (χ0v) is 19.3. The minimum Gasteiger partial charge on any atom is -0.381 e. The van der Waals surface area contributed by atoms with Crippen molar-refractivity contribution >= 4 is 0 Å². The highest BCUT2D eigenvalue weighted by Crippen LogP contribution is 2.28. The van der Waals surface area contributed by atoms with Crippen molar-refractivity contribution in [2.24, 2.45) is 5.92 Å². The minimum absolute atomic E-state index is 0.213. The van der Waals surface area contributed by atoms with E-state index in [1.54, 1.807) is 0 Å². The summed E-state index contributed by atoms with van der Waals surface area (Å²) in [6.45, 7) is 20.7. The number of rotatable bonds is 6. The number of hydrogen-bond donors (Lipinski definition) is 0. The summed E-state index contributed by atoms with van der Waals surface area (Å²) in [6.07, 6.45) is 5.51. The fraction of sp³-hybridized carbons (Fsp3) is 1.00. The number of nitrogens with zero attached hydrogens (tertiary/aromatic N) is 2. The molecule has 1 heterocycles. The molecule has 0 aromatic rings. The Kier molecular flexibility index (Phi) is 13.8. The molecule has 1 saturated carbocycles. The van der Waals surface area contributed by atoms with Crippen molar-refractivity contribution in [3.05, 3.63) is 0 Å². The maximum absolute atomic E-state index is 6.24. The van der Waals surface area contributed by atoms with Crippen molar-refractivity contribution in [3.63, 3.8) is 0 Å². The third-order valence-electron chi connectivity index (χ3n) is 6.06. The van der Waals surface area contributed by atoms with Crippen LogP contribution in [0, 0.1) is 5.92 Å². The van der Waals surface area contributed by atoms with Gasteiger partial charge in [0.25, 0.3) is 0 Å². The molecule has 1 unspecified atom stereocenters. The molecule has 0 aromatic heterocycles. The van der Waals surface area contributed by atoms with E-state index in [4.69, 9.17) is 9.47 Å². The average molecular weight is 373 g/mol. The van der Waals surface area contributed by atoms with Gasteiger partial charge in [-0.3, -0.25) is 4.90 Å². The molecule has 0 aromatic carbocycles. The maximum atomic E-state index is 6.24. The molecule has 0 N–H and O–H groups in total. The first-order chi connectivity index (χ1) is 12.4. The highest BCUT2D eigenvalue weighted by molar-refractivity contribution is 4.89. The molecule has 4 nitrogen and oxygen atoms in total. The van der Waals surface area contributed by atoms with E-state index in [2.05, 4.69) is 37.6 Å². The number of methoxy groups -OCH3 is 1. The Balaban J connectivity index is 0.00000146. The summed E-state index contributed by atoms with van der Waals surface area (Å²) in [5.41, 5.74) is 0.213. The summed E-state index contributed by atoms with van der Waals surface area (Å²) in [6, 6.07) is 0. The van der Waals surface area contributed by atoms with Gasteiger partial charge in [0.05, 0.1) is 18.8 Å². The van der Waals surface area contributed by atoms with Gasteiger partial charge >= 0.3 is 0 Å². The van der Waals surface area contributed by atoms with Crippen LogP contribution in [-0.2, 0) is 9.47 Å². The standard InChI is InChI=1S/C18H36N2O2.2C2H6/c1-15(14-22-17-8-6-16(21-5)7-9-17)18(2,3)20-12-10-19(4)11-13-20;2*1-2/h15-17H,6-14H2,1-5H3;2*1-2H3. The van der Waals surface area contributed by atoms with E-state index in [0.29, 0.717) is 18.1 Å². The Hall–Kier alpha value is -0.160. The predicted molar refractivity (Wildman–Crippen MR) is 114 cm³/mol. The zero-order chi connectivity index (χ0) is 20.2. The lowest BCUT2D eigenvalue weighted by Crippen LogP contribution is -2.57. The summed E-state index contributed by atoms with van der Waals surface area (Å²) in [5, 5.41) is 0. The first kappa shape index (κ1) is 25.8. The Labute approximate surface area is 164 Å². The molecule has 1 aliphatic heterocycles. The highest BCUT2D eigenvalue weighted by Gasteiger charge is 2.34. The second kappa shape index (κ2) is 13.9. The maximum Gasteiger partial charge on any atom is 0.0577 e. The number of ether oxygens (including phenoxy) is 2. The lowest BCUT2D eigenvalue weighted by atomic mass is 9.87. The monoisotopic (exact) mass is 372 g/mol. The quantitative estimate of drug-likeness (QED) is 0.676. The predicted octanol–water partition coefficient (Wildman–Crippen LogP) is 4.68. The normalized spacial score (nSPS) is 26.2. The lowest BCUT2D eigenvalue weighted by molar-refractivity contribution is -0.0554. The van der Waals surface area contributed by atoms with Crippen LogP contribution in [0.1, 0.15) is 74.1 Å². The zero-order valence-electron chi connectivity index (χ0n) is 19.3. The van der Waals surface area contributed by atoms with Crippen LogP contribution in [0.4, 0.5) is 0 Å². The first-order valence-corrected chi connectivity index (χ1v) is 11.0. The molecule has 0 bridgehead atoms. The molecular formula is C22H48N2O2. The van der Waals surface area contributed by atoms with Gasteiger partial charge in [-0.05, 0) is 52.5 Å². The van der Waals surface area contributed by atoms with Crippen molar-refractivity contribution in [1.29, 1.82) is 0 Å². The summed E-state index contributed by atoms with van der Waals surface area (Å²) < 4.78 is 11.7. The summed E-state index contributed by atoms with van der Waals surface area (Å²) in [7, 11) is 4.04. The van der Waals surface area contributed by atoms with E-state index in [0.717, 1.165) is 32.3 Å². The third-order valence-corrected chi connectivity index (χ3v) is 6.06. The van der Waals surface area contributed by atoms with Gasteiger partial charge in [0.1, 0.15) is 0 Å². The second-order valence-corrected chi connectivity index (χ2v) is 7.81. The Bertz CT molecular complexity index is 320. The Morgan fingerprint density at radius 1 is 0.885 bits per heavy atom. The summed E-state index contributed by atoms with van der Waals surface area (Å²) in [5.74, 6) is 0.552. The third kappa shape index (κ3) is 8.24. The van der Waals surface area contributed by atoms with Crippen molar-refractivity contribution in [2.45, 2.75) is 91.9 Å². The van der Waals surface area contributed by atoms with E-state index in [9.17, 15) is 0 Å². The average Bonchev–Trinajstić information content (AvgIpc) is 2.70. The first-order valence-electron chi connectivity index (χ1n) is 11.0. The molecule has 2 fully saturated rings. The largest absolute Gasteiger partial charge is 0.381 e. The van der Waals surface area contributed by atoms with Crippen molar-refractivity contribution in [1.82, 2.24) is 9.80 Å². The van der Waals surface area contributed by atoms with Crippen LogP contribution in [0.25, 0.3) is 0 Å². The SMILES string of the molecule is CC.CC.COC1CCC(OCC(C)C(C)(C)N2CCN(C)CC2)CC1. The molecule has 1 aliphatic carbocycles. The van der Waals surface area contributed by atoms with Gasteiger partial charge in [-0.2, -0.15) is 0 Å². The van der Waals surface area contributed by atoms with Crippen LogP contribution >= 0.6 is 0 Å². The van der Waals surface area contributed by atoms with Crippen LogP contribution in [-0.4, -0.2) is 74.5 Å². The molecule has 4 heteroatoms. The number of likely N-dealkylation sites (N-methyl/N-ethyl adjacent to an activating group) is 1. The van der Waals surface area contributed by atoms with Gasteiger partial charge in [0.2, 0.25) is 0 Å². The molecular weight excluding hydrogens is 324 g/mol. The smallest absolute Gasteiger partial charge is 0.0577 e. The van der Waals surface area contributed by atoms with Crippen molar-refractivity contribution in [3.8, 4) is 0 Å². The summed E-state index contributed by atoms with van der Waals surface area (Å²) in [4.78, 5) is 5.06. The fourth-order valence-corrected chi connectivity index (χ4v) is 3.61. The Morgan fingerprint density at radius 2 is 1.35 bits per heavy atom. The van der Waals surface area contributed by atoms with E-state index in [1.807, 2.05) is 34.8 Å². The van der Waals surface area contributed by atoms with Gasteiger partial charge in [-0.15, -0.1) is 0 Å². The molecule has 26 heavy (non-hydrogen) atoms. The van der Waals surface area contributed by atoms with Crippen molar-refractivity contribution in [2.75, 3.05) is 46.9 Å². The second-order valence-electron chi connectivity index (χ2n) is 7.81. The van der Waals surface area contributed by atoms with Crippen LogP contribution in [0.5, 0.6) is 0 Å². The van der Waals surface area contributed by atoms with Crippen LogP contribution in [0.3, 0.4) is 0 Å². The molecule has 2 rings (SSSR count). The van der Waals surface area contributed by atoms with E-state index >= 15 is 0 Å². The van der Waals surface area contributed by atoms with Gasteiger partial charge in [-0.25, -0.2) is 0 Å². The van der Waals surface area contributed by atoms with Crippen LogP contribution in [0.2, 0.25) is 0 Å². The van der Waals surface area contributed by atoms with Gasteiger partial charge in [0, 0.05) is 38.8 Å². The van der Waals surface area contributed by atoms with Crippen molar-refractivity contribution < 1.29 is 9.47 Å². The highest BCUT2D eigenvalue weighted by atomic mass is 16.5. The lowest BCUT2D eigenvalue weighted by Gasteiger charge is -2.46. The molecule has 1 saturated heterocycles. The molecule has 0 amide bonds. The molecule has 0 spiro atoms. The van der Waals surface area contributed by atoms with E-state index < -0.39 is 0 Å². The minimum atomic E-state index is 0.213. The van der Waals surface area contributed by atoms with Crippen LogP contribution < -0.4 is 0 Å². The summed E-state index contributed by atoms with van der Waals surface area (Å²) >= 11 is 0. The molecule has 1 atom stereocenters. The van der Waals surface area contributed by atoms with Gasteiger partial charge < -0.3 is 14.4 Å². The topological polar surface area (TPSA) is 24.9 Å². The molecule has 2 aliphatic rings. The van der Waals surface area contributed by atoms with Gasteiger partial charge in [-0.1, -0.05) is 34.6 Å². The number of hydrogen-bond acceptors (Lipinski definition) is 4. The molecule has 158 valence electrons. The van der Waals surface area contributed by atoms with Gasteiger partial charge in [0.15, 0.2) is 0 Å². The van der Waals surface area contributed by atoms with E-state index in [1.165, 1.54) is 26.2 Å². The molecule has 0 radical (unpaired) electrons. The fourth-order valence-electron chi connectivity index (χ4n) is 3.61.